The molecule has 0 aliphatic carbocycles. The first-order valence-corrected chi connectivity index (χ1v) is 30.3. The van der Waals surface area contributed by atoms with Crippen LogP contribution in [-0.4, -0.2) is 73.5 Å². The molecule has 1 N–H and O–H groups in total. The van der Waals surface area contributed by atoms with Crippen LogP contribution in [0.1, 0.15) is 147 Å². The van der Waals surface area contributed by atoms with Crippen molar-refractivity contribution in [2.45, 2.75) is 161 Å². The average Bonchev–Trinajstić information content (AvgIpc) is 3.82. The smallest absolute Gasteiger partial charge is 0.351 e. The van der Waals surface area contributed by atoms with Crippen LogP contribution in [0.4, 0.5) is 5.82 Å². The number of unbranched alkanes of at least 4 members (excludes halogenated alkanes) is 3. The standard InChI is InChI=1S/C62H78N5O8PSi/c1-44(2)67(45(3)4)76(72-40-25-39-63)75-56-42-57(73-60(56)74-62(51-29-22-18-23-30-51,52-31-35-54(70-11)36-32-52)53-33-37-55(71-12)38-34-53)66-43-50(58(65-61(66)69)64-59(68)49-26-20-17-21-27-49)28-19-15-13-14-16-24-41-77(46(5)6,47(7)8)48(9)10/h17-18,20-23,26-27,29-38,43-48,56-57,60H,13-16,25,40,42H2,1-12H3,(H,64,65,68,69)/t56-,57+,60+,76?/m0/s1. The van der Waals surface area contributed by atoms with Crippen LogP contribution in [0.2, 0.25) is 16.6 Å². The van der Waals surface area contributed by atoms with Gasteiger partial charge in [0.25, 0.3) is 14.4 Å². The fourth-order valence-electron chi connectivity index (χ4n) is 10.5. The van der Waals surface area contributed by atoms with E-state index in [9.17, 15) is 14.9 Å². The molecule has 1 aliphatic heterocycles. The predicted octanol–water partition coefficient (Wildman–Crippen LogP) is 13.6. The molecule has 1 unspecified atom stereocenters. The molecule has 1 fully saturated rings. The van der Waals surface area contributed by atoms with Gasteiger partial charge in [-0.3, -0.25) is 9.36 Å². The molecule has 0 radical (unpaired) electrons. The number of nitrogens with zero attached hydrogens (tertiary/aromatic N) is 4. The highest BCUT2D eigenvalue weighted by atomic mass is 31.2. The zero-order valence-corrected chi connectivity index (χ0v) is 48.9. The Morgan fingerprint density at radius 1 is 0.779 bits per heavy atom. The Bertz CT molecular complexity index is 2830. The topological polar surface area (TPSA) is 146 Å². The van der Waals surface area contributed by atoms with Gasteiger partial charge in [-0.1, -0.05) is 126 Å². The van der Waals surface area contributed by atoms with E-state index >= 15 is 0 Å². The van der Waals surface area contributed by atoms with Gasteiger partial charge in [0.15, 0.2) is 12.1 Å². The quantitative estimate of drug-likeness (QED) is 0.0207. The van der Waals surface area contributed by atoms with Crippen molar-refractivity contribution in [2.75, 3.05) is 26.1 Å². The zero-order chi connectivity index (χ0) is 55.7. The maximum absolute atomic E-state index is 14.5. The molecule has 15 heteroatoms. The molecule has 1 aromatic heterocycles. The number of aromatic nitrogens is 2. The number of hydrogen-bond acceptors (Lipinski definition) is 11. The van der Waals surface area contributed by atoms with Crippen LogP contribution >= 0.6 is 8.53 Å². The van der Waals surface area contributed by atoms with Gasteiger partial charge >= 0.3 is 5.69 Å². The first kappa shape index (κ1) is 60.1. The van der Waals surface area contributed by atoms with Crippen LogP contribution in [0.15, 0.2) is 120 Å². The average molecular weight is 1080 g/mol. The van der Waals surface area contributed by atoms with Crippen LogP contribution in [-0.2, 0) is 24.1 Å². The van der Waals surface area contributed by atoms with Gasteiger partial charge in [-0.05, 0) is 110 Å². The number of methoxy groups -OCH3 is 2. The lowest BCUT2D eigenvalue weighted by atomic mass is 9.80. The van der Waals surface area contributed by atoms with Gasteiger partial charge < -0.3 is 33.3 Å². The first-order valence-electron chi connectivity index (χ1n) is 26.9. The van der Waals surface area contributed by atoms with Crippen LogP contribution in [0.3, 0.4) is 0 Å². The number of carbonyl (C=O) groups excluding carboxylic acids is 1. The largest absolute Gasteiger partial charge is 0.497 e. The van der Waals surface area contributed by atoms with Gasteiger partial charge in [-0.25, -0.2) is 9.46 Å². The number of hydrogen-bond donors (Lipinski definition) is 1. The molecular weight excluding hydrogens is 1000 g/mol. The Hall–Kier alpha value is -6.11. The molecule has 1 saturated heterocycles. The minimum Gasteiger partial charge on any atom is -0.497 e. The molecule has 13 nitrogen and oxygen atoms in total. The van der Waals surface area contributed by atoms with Crippen molar-refractivity contribution in [1.29, 1.82) is 5.26 Å². The lowest BCUT2D eigenvalue weighted by molar-refractivity contribution is -0.214. The van der Waals surface area contributed by atoms with E-state index < -0.39 is 52.4 Å². The summed E-state index contributed by atoms with van der Waals surface area (Å²) >= 11 is 0. The highest BCUT2D eigenvalue weighted by Crippen LogP contribution is 2.52. The lowest BCUT2D eigenvalue weighted by Gasteiger charge is -2.40. The highest BCUT2D eigenvalue weighted by molar-refractivity contribution is 7.44. The van der Waals surface area contributed by atoms with E-state index in [4.69, 9.17) is 28.0 Å². The number of anilines is 1. The van der Waals surface area contributed by atoms with Gasteiger partial charge in [-0.2, -0.15) is 10.2 Å². The van der Waals surface area contributed by atoms with Crippen LogP contribution in [0.5, 0.6) is 11.5 Å². The number of nitrogens with one attached hydrogen (secondary N) is 1. The second kappa shape index (κ2) is 28.5. The molecule has 0 bridgehead atoms. The van der Waals surface area contributed by atoms with Crippen molar-refractivity contribution in [3.05, 3.63) is 154 Å². The van der Waals surface area contributed by atoms with Crippen LogP contribution in [0.25, 0.3) is 0 Å². The fourth-order valence-corrected chi connectivity index (χ4v) is 17.5. The number of nitriles is 1. The Labute approximate surface area is 460 Å². The first-order chi connectivity index (χ1) is 37.0. The molecule has 4 atom stereocenters. The van der Waals surface area contributed by atoms with Gasteiger partial charge in [0.1, 0.15) is 37.5 Å². The second-order valence-electron chi connectivity index (χ2n) is 20.7. The van der Waals surface area contributed by atoms with Crippen LogP contribution in [0, 0.1) is 34.6 Å². The summed E-state index contributed by atoms with van der Waals surface area (Å²) in [7, 11) is -0.416. The fraction of sp³-hybridized carbons (Fsp3) is 0.452. The Morgan fingerprint density at radius 3 is 1.83 bits per heavy atom. The predicted molar refractivity (Wildman–Crippen MR) is 309 cm³/mol. The molecule has 1 aliphatic rings. The molecule has 0 saturated carbocycles. The maximum atomic E-state index is 14.5. The maximum Gasteiger partial charge on any atom is 0.351 e. The third kappa shape index (κ3) is 14.7. The van der Waals surface area contributed by atoms with Crippen molar-refractivity contribution in [2.24, 2.45) is 0 Å². The minimum atomic E-state index is -1.83. The number of benzene rings is 4. The summed E-state index contributed by atoms with van der Waals surface area (Å²) in [6.45, 7) is 22.4. The van der Waals surface area contributed by atoms with Gasteiger partial charge in [0, 0.05) is 43.1 Å². The Kier molecular flexibility index (Phi) is 22.2. The summed E-state index contributed by atoms with van der Waals surface area (Å²) in [4.78, 5) is 32.7. The van der Waals surface area contributed by atoms with Crippen molar-refractivity contribution >= 4 is 28.3 Å². The molecule has 77 heavy (non-hydrogen) atoms. The van der Waals surface area contributed by atoms with Crippen molar-refractivity contribution in [3.63, 3.8) is 0 Å². The van der Waals surface area contributed by atoms with Gasteiger partial charge in [-0.15, -0.1) is 11.5 Å². The van der Waals surface area contributed by atoms with E-state index in [0.29, 0.717) is 45.7 Å². The summed E-state index contributed by atoms with van der Waals surface area (Å²) in [5.74, 6) is 11.1. The van der Waals surface area contributed by atoms with E-state index in [1.807, 2.05) is 84.9 Å². The molecule has 2 heterocycles. The lowest BCUT2D eigenvalue weighted by Crippen LogP contribution is -2.43. The van der Waals surface area contributed by atoms with Crippen molar-refractivity contribution < 1.29 is 32.8 Å². The van der Waals surface area contributed by atoms with E-state index in [-0.39, 0.29) is 37.4 Å². The third-order valence-corrected chi connectivity index (χ3v) is 22.7. The van der Waals surface area contributed by atoms with Crippen LogP contribution < -0.4 is 20.5 Å². The minimum absolute atomic E-state index is 0.0111. The number of ether oxygens (including phenoxy) is 4. The molecule has 408 valence electrons. The number of rotatable bonds is 24. The van der Waals surface area contributed by atoms with E-state index in [2.05, 4.69) is 114 Å². The summed E-state index contributed by atoms with van der Waals surface area (Å²) in [5, 5.41) is 12.5. The molecular formula is C62H78N5O8PSi. The monoisotopic (exact) mass is 1080 g/mol. The van der Waals surface area contributed by atoms with E-state index in [1.54, 1.807) is 44.7 Å². The van der Waals surface area contributed by atoms with E-state index in [0.717, 1.165) is 36.0 Å². The highest BCUT2D eigenvalue weighted by Gasteiger charge is 2.49. The SMILES string of the molecule is COc1ccc(C(O[C@H]2O[C@@H](n3cc(C#CCCCCC#C[Si](C(C)C)(C(C)C)C(C)C)c(NC(=O)c4ccccc4)nc3=O)C[C@@H]2OP(OCCC#N)N(C(C)C)C(C)C)(c2ccccc2)c2ccc(OC)cc2)cc1. The molecule has 0 spiro atoms. The normalized spacial score (nSPS) is 16.0. The summed E-state index contributed by atoms with van der Waals surface area (Å²) < 4.78 is 43.0. The molecule has 5 aromatic rings. The summed E-state index contributed by atoms with van der Waals surface area (Å²) in [5.41, 5.74) is 6.55. The second-order valence-corrected chi connectivity index (χ2v) is 27.7. The number of carbonyl (C=O) groups is 1. The van der Waals surface area contributed by atoms with Gasteiger partial charge in [0.2, 0.25) is 0 Å². The van der Waals surface area contributed by atoms with E-state index in [1.165, 1.54) is 4.57 Å². The van der Waals surface area contributed by atoms with Crippen molar-refractivity contribution in [3.8, 4) is 40.9 Å². The third-order valence-electron chi connectivity index (χ3n) is 14.2. The molecule has 4 aromatic carbocycles. The number of amides is 1. The Balaban J connectivity index is 1.45. The molecule has 6 rings (SSSR count). The van der Waals surface area contributed by atoms with Gasteiger partial charge in [0.05, 0.1) is 38.9 Å². The molecule has 1 amide bonds. The summed E-state index contributed by atoms with van der Waals surface area (Å²) in [6.07, 6.45) is 1.92. The zero-order valence-electron chi connectivity index (χ0n) is 47.0. The summed E-state index contributed by atoms with van der Waals surface area (Å²) in [6, 6.07) is 36.2. The Morgan fingerprint density at radius 2 is 1.31 bits per heavy atom. The van der Waals surface area contributed by atoms with Crippen molar-refractivity contribution in [1.82, 2.24) is 14.2 Å².